The normalized spacial score (nSPS) is 13.5. The number of fused-ring (bicyclic) bond motifs is 13. The number of benzene rings is 16. The molecule has 21 rings (SSSR count). The lowest BCUT2D eigenvalue weighted by atomic mass is 9.33. The first-order valence-electron chi connectivity index (χ1n) is 40.3. The molecule has 0 N–H and O–H groups in total. The van der Waals surface area contributed by atoms with E-state index in [9.17, 15) is 0 Å². The summed E-state index contributed by atoms with van der Waals surface area (Å²) in [5.74, 6) is 0. The van der Waals surface area contributed by atoms with Gasteiger partial charge in [-0.05, 0) is 189 Å². The van der Waals surface area contributed by atoms with E-state index in [1.165, 1.54) is 77.2 Å². The van der Waals surface area contributed by atoms with E-state index in [4.69, 9.17) is 4.42 Å². The second-order valence-corrected chi connectivity index (χ2v) is 34.7. The molecule has 5 heteroatoms. The van der Waals surface area contributed by atoms with Crippen LogP contribution in [0.25, 0.3) is 116 Å². The van der Waals surface area contributed by atoms with Crippen LogP contribution in [0.3, 0.4) is 0 Å². The second kappa shape index (κ2) is 25.9. The van der Waals surface area contributed by atoms with Gasteiger partial charge in [-0.15, -0.1) is 0 Å². The summed E-state index contributed by atoms with van der Waals surface area (Å²) in [6.45, 7) is 21.0. The number of nitrogens with zero attached hydrogens (tertiary/aromatic N) is 3. The van der Waals surface area contributed by atoms with E-state index in [2.05, 4.69) is 435 Å². The van der Waals surface area contributed by atoms with Crippen LogP contribution >= 0.6 is 0 Å². The molecule has 4 nitrogen and oxygen atoms in total. The lowest BCUT2D eigenvalue weighted by molar-refractivity contribution is 0.590. The van der Waals surface area contributed by atoms with E-state index in [1.54, 1.807) is 0 Å². The molecule has 2 aliphatic heterocycles. The molecular formula is C109H86BN3O. The lowest BCUT2D eigenvalue weighted by Gasteiger charge is -2.47. The van der Waals surface area contributed by atoms with Crippen LogP contribution in [-0.2, 0) is 21.7 Å². The minimum absolute atomic E-state index is 0.201. The van der Waals surface area contributed by atoms with Crippen molar-refractivity contribution in [1.29, 1.82) is 0 Å². The minimum Gasteiger partial charge on any atom is -0.455 e. The average Bonchev–Trinajstić information content (AvgIpc) is 1.53. The summed E-state index contributed by atoms with van der Waals surface area (Å²) in [5, 5.41) is 4.61. The standard InChI is InChI=1S/C109H86BN3O/c1-106(2,3)76-60-85(69-35-16-10-17-36-69)103(86(61-76)70-37-18-11-19-38-70)112-96-58-55-73(80-50-34-51-84-83-49-30-33-54-101(83)114-105(80)84)59-94(96)110-93-57-56-79(111-95-53-32-29-48-82(95)90-67-89-81-47-28-31-52-91(81)109(92(89)68-97(90)111,74-43-24-14-25-44-74)75-45-26-15-27-46-75)66-98(93)113(100-65-78(108(7,8)9)64-99(112)102(100)110)104-87(71-39-20-12-21-40-71)62-77(107(4,5)6)63-88(104)72-41-22-13-23-42-72/h10-68H,1-9H3. The highest BCUT2D eigenvalue weighted by atomic mass is 16.3. The van der Waals surface area contributed by atoms with Gasteiger partial charge in [0.1, 0.15) is 11.2 Å². The maximum Gasteiger partial charge on any atom is 0.252 e. The quantitative estimate of drug-likeness (QED) is 0.128. The molecule has 0 spiro atoms. The van der Waals surface area contributed by atoms with Crippen LogP contribution < -0.4 is 26.2 Å². The number of rotatable bonds is 10. The number of aromatic nitrogens is 1. The zero-order valence-electron chi connectivity index (χ0n) is 65.9. The van der Waals surface area contributed by atoms with Gasteiger partial charge >= 0.3 is 0 Å². The Labute approximate surface area is 668 Å². The van der Waals surface area contributed by atoms with Gasteiger partial charge in [-0.2, -0.15) is 0 Å². The summed E-state index contributed by atoms with van der Waals surface area (Å²) in [4.78, 5) is 5.46. The van der Waals surface area contributed by atoms with Crippen molar-refractivity contribution in [3.05, 3.63) is 397 Å². The SMILES string of the molecule is CC(C)(C)c1cc(-c2ccccc2)c(N2c3ccc(-c4cccc5c4oc4ccccc45)cc3B3c4ccc(-n5c6ccccc6c6cc7c(cc65)C(c5ccccc5)(c5ccccc5)c5ccccc5-7)cc4N(c4c(-c5ccccc5)cc(C(C)(C)C)cc4-c4ccccc4)c4cc(C(C)(C)C)cc2c43)c(-c2ccccc2)c1. The molecule has 0 fully saturated rings. The van der Waals surface area contributed by atoms with Crippen molar-refractivity contribution in [2.45, 2.75) is 84.0 Å². The first-order valence-corrected chi connectivity index (χ1v) is 40.3. The topological polar surface area (TPSA) is 24.6 Å². The molecule has 0 unspecified atom stereocenters. The third kappa shape index (κ3) is 10.7. The van der Waals surface area contributed by atoms with Crippen molar-refractivity contribution in [2.75, 3.05) is 9.80 Å². The fourth-order valence-corrected chi connectivity index (χ4v) is 19.3. The highest BCUT2D eigenvalue weighted by Crippen LogP contribution is 2.60. The smallest absolute Gasteiger partial charge is 0.252 e. The molecule has 0 saturated carbocycles. The van der Waals surface area contributed by atoms with Crippen LogP contribution in [0, 0.1) is 0 Å². The Kier molecular flexibility index (Phi) is 15.6. The summed E-state index contributed by atoms with van der Waals surface area (Å²) in [7, 11) is 0. The van der Waals surface area contributed by atoms with Gasteiger partial charge in [0.15, 0.2) is 0 Å². The molecule has 16 aromatic carbocycles. The van der Waals surface area contributed by atoms with E-state index < -0.39 is 5.41 Å². The predicted octanol–water partition coefficient (Wildman–Crippen LogP) is 27.4. The number of anilines is 6. The van der Waals surface area contributed by atoms with Crippen molar-refractivity contribution < 1.29 is 4.42 Å². The van der Waals surface area contributed by atoms with Crippen molar-refractivity contribution in [2.24, 2.45) is 0 Å². The molecule has 114 heavy (non-hydrogen) atoms. The number of para-hydroxylation sites is 3. The monoisotopic (exact) mass is 1460 g/mol. The molecule has 0 atom stereocenters. The maximum atomic E-state index is 7.06. The molecule has 0 saturated heterocycles. The summed E-state index contributed by atoms with van der Waals surface area (Å²) >= 11 is 0. The largest absolute Gasteiger partial charge is 0.455 e. The van der Waals surface area contributed by atoms with Crippen molar-refractivity contribution in [3.63, 3.8) is 0 Å². The number of hydrogen-bond acceptors (Lipinski definition) is 3. The number of furan rings is 1. The predicted molar refractivity (Wildman–Crippen MR) is 483 cm³/mol. The molecular weight excluding hydrogens is 1380 g/mol. The van der Waals surface area contributed by atoms with Crippen LogP contribution in [0.4, 0.5) is 34.1 Å². The maximum absolute atomic E-state index is 7.06. The van der Waals surface area contributed by atoms with Crippen molar-refractivity contribution >= 4 is 101 Å². The van der Waals surface area contributed by atoms with Crippen molar-refractivity contribution in [1.82, 2.24) is 4.57 Å². The highest BCUT2D eigenvalue weighted by Gasteiger charge is 2.49. The molecule has 1 aliphatic carbocycles. The fraction of sp³-hybridized carbons (Fsp3) is 0.119. The van der Waals surface area contributed by atoms with Gasteiger partial charge in [0.2, 0.25) is 0 Å². The highest BCUT2D eigenvalue weighted by molar-refractivity contribution is 7.00. The van der Waals surface area contributed by atoms with E-state index in [1.807, 2.05) is 0 Å². The first-order chi connectivity index (χ1) is 55.5. The van der Waals surface area contributed by atoms with Crippen molar-refractivity contribution in [3.8, 4) is 72.4 Å². The minimum atomic E-state index is -0.626. The fourth-order valence-electron chi connectivity index (χ4n) is 19.3. The van der Waals surface area contributed by atoms with Crippen LogP contribution in [0.1, 0.15) is 101 Å². The van der Waals surface area contributed by atoms with E-state index >= 15 is 0 Å². The van der Waals surface area contributed by atoms with Gasteiger partial charge < -0.3 is 18.8 Å². The van der Waals surface area contributed by atoms with Crippen LogP contribution in [0.2, 0.25) is 0 Å². The van der Waals surface area contributed by atoms with E-state index in [-0.39, 0.29) is 23.0 Å². The molecule has 0 amide bonds. The Morgan fingerprint density at radius 1 is 0.281 bits per heavy atom. The number of hydrogen-bond donors (Lipinski definition) is 0. The summed E-state index contributed by atoms with van der Waals surface area (Å²) in [5.41, 5.74) is 36.7. The Morgan fingerprint density at radius 3 is 1.28 bits per heavy atom. The van der Waals surface area contributed by atoms with Gasteiger partial charge in [0.05, 0.1) is 27.8 Å². The van der Waals surface area contributed by atoms with Crippen LogP contribution in [-0.4, -0.2) is 11.3 Å². The second-order valence-electron chi connectivity index (χ2n) is 34.7. The summed E-state index contributed by atoms with van der Waals surface area (Å²) in [6.07, 6.45) is 0. The Morgan fingerprint density at radius 2 is 0.737 bits per heavy atom. The zero-order chi connectivity index (χ0) is 77.1. The molecule has 0 bridgehead atoms. The Bertz CT molecular complexity index is 6740. The summed E-state index contributed by atoms with van der Waals surface area (Å²) in [6, 6.07) is 136. The molecule has 546 valence electrons. The van der Waals surface area contributed by atoms with Crippen LogP contribution in [0.15, 0.2) is 362 Å². The molecule has 2 aromatic heterocycles. The third-order valence-electron chi connectivity index (χ3n) is 24.9. The van der Waals surface area contributed by atoms with Gasteiger partial charge in [-0.3, -0.25) is 0 Å². The van der Waals surface area contributed by atoms with Gasteiger partial charge in [-0.1, -0.05) is 341 Å². The molecule has 4 heterocycles. The molecule has 0 radical (unpaired) electrons. The van der Waals surface area contributed by atoms with Gasteiger partial charge in [-0.25, -0.2) is 0 Å². The molecule has 3 aliphatic rings. The third-order valence-corrected chi connectivity index (χ3v) is 24.9. The molecule has 18 aromatic rings. The average molecular weight is 1460 g/mol. The first kappa shape index (κ1) is 68.8. The van der Waals surface area contributed by atoms with Crippen LogP contribution in [0.5, 0.6) is 0 Å². The Balaban J connectivity index is 0.930. The lowest BCUT2D eigenvalue weighted by Crippen LogP contribution is -2.61. The summed E-state index contributed by atoms with van der Waals surface area (Å²) < 4.78 is 9.65. The van der Waals surface area contributed by atoms with E-state index in [0.29, 0.717) is 0 Å². The van der Waals surface area contributed by atoms with Gasteiger partial charge in [0.25, 0.3) is 6.71 Å². The Hall–Kier alpha value is -13.2. The van der Waals surface area contributed by atoms with Gasteiger partial charge in [0, 0.05) is 77.8 Å². The van der Waals surface area contributed by atoms with E-state index in [0.717, 1.165) is 128 Å². The zero-order valence-corrected chi connectivity index (χ0v) is 65.9.